The van der Waals surface area contributed by atoms with Gasteiger partial charge >= 0.3 is 5.97 Å². The third-order valence-electron chi connectivity index (χ3n) is 3.43. The van der Waals surface area contributed by atoms with Crippen LogP contribution in [0.1, 0.15) is 44.0 Å². The number of rotatable bonds is 10. The molecule has 0 bridgehead atoms. The van der Waals surface area contributed by atoms with Gasteiger partial charge in [-0.2, -0.15) is 0 Å². The van der Waals surface area contributed by atoms with Crippen LogP contribution in [-0.4, -0.2) is 43.7 Å². The van der Waals surface area contributed by atoms with Crippen LogP contribution in [0, 0.1) is 0 Å². The van der Waals surface area contributed by atoms with Crippen molar-refractivity contribution in [2.75, 3.05) is 38.6 Å². The Hall–Kier alpha value is -1.17. The Morgan fingerprint density at radius 1 is 1.12 bits per heavy atom. The number of ether oxygens (including phenoxy) is 2. The highest BCUT2D eigenvalue weighted by Gasteiger charge is 2.14. The number of esters is 1. The molecule has 140 valence electrons. The Balaban J connectivity index is 0. The van der Waals surface area contributed by atoms with Crippen molar-refractivity contribution in [2.45, 2.75) is 33.6 Å². The molecular formula is C17H30Cl2N2O3. The van der Waals surface area contributed by atoms with Crippen LogP contribution in [-0.2, 0) is 4.74 Å². The number of nitrogen functional groups attached to an aromatic ring is 1. The number of hydrogen-bond acceptors (Lipinski definition) is 5. The van der Waals surface area contributed by atoms with E-state index in [1.165, 1.54) is 0 Å². The summed E-state index contributed by atoms with van der Waals surface area (Å²) in [5.41, 5.74) is 6.76. The summed E-state index contributed by atoms with van der Waals surface area (Å²) < 4.78 is 10.9. The predicted molar refractivity (Wildman–Crippen MR) is 104 cm³/mol. The minimum Gasteiger partial charge on any atom is -0.493 e. The van der Waals surface area contributed by atoms with Gasteiger partial charge in [0.25, 0.3) is 0 Å². The van der Waals surface area contributed by atoms with Crippen LogP contribution >= 0.6 is 24.8 Å². The molecule has 1 aromatic carbocycles. The van der Waals surface area contributed by atoms with Gasteiger partial charge in [0.1, 0.15) is 11.3 Å². The second kappa shape index (κ2) is 14.2. The van der Waals surface area contributed by atoms with Gasteiger partial charge in [-0.05, 0) is 38.1 Å². The zero-order chi connectivity index (χ0) is 16.4. The summed E-state index contributed by atoms with van der Waals surface area (Å²) in [5, 5.41) is 0. The van der Waals surface area contributed by atoms with Gasteiger partial charge in [0.05, 0.1) is 13.2 Å². The zero-order valence-electron chi connectivity index (χ0n) is 14.7. The van der Waals surface area contributed by atoms with Crippen molar-refractivity contribution in [1.29, 1.82) is 0 Å². The minimum atomic E-state index is -0.356. The van der Waals surface area contributed by atoms with E-state index in [1.54, 1.807) is 18.2 Å². The van der Waals surface area contributed by atoms with Crippen LogP contribution in [0.15, 0.2) is 18.2 Å². The first kappa shape index (κ1) is 25.1. The predicted octanol–water partition coefficient (Wildman–Crippen LogP) is 3.79. The van der Waals surface area contributed by atoms with Crippen LogP contribution < -0.4 is 10.5 Å². The Labute approximate surface area is 157 Å². The average Bonchev–Trinajstić information content (AvgIpc) is 2.53. The summed E-state index contributed by atoms with van der Waals surface area (Å²) in [7, 11) is 0. The largest absolute Gasteiger partial charge is 0.493 e. The van der Waals surface area contributed by atoms with E-state index in [0.717, 1.165) is 32.5 Å². The molecule has 0 unspecified atom stereocenters. The lowest BCUT2D eigenvalue weighted by Crippen LogP contribution is -2.25. The van der Waals surface area contributed by atoms with E-state index < -0.39 is 0 Å². The van der Waals surface area contributed by atoms with Gasteiger partial charge in [-0.25, -0.2) is 4.79 Å². The molecule has 1 aromatic rings. The van der Waals surface area contributed by atoms with Crippen molar-refractivity contribution in [3.63, 3.8) is 0 Å². The summed E-state index contributed by atoms with van der Waals surface area (Å²) in [5.74, 6) is 0.140. The fourth-order valence-corrected chi connectivity index (χ4v) is 2.11. The van der Waals surface area contributed by atoms with E-state index in [4.69, 9.17) is 15.2 Å². The van der Waals surface area contributed by atoms with Crippen molar-refractivity contribution in [1.82, 2.24) is 4.90 Å². The second-order valence-electron chi connectivity index (χ2n) is 5.12. The fourth-order valence-electron chi connectivity index (χ4n) is 2.11. The highest BCUT2D eigenvalue weighted by Crippen LogP contribution is 2.23. The molecule has 0 heterocycles. The number of nitrogens with two attached hydrogens (primary N) is 1. The molecule has 0 aliphatic carbocycles. The molecular weight excluding hydrogens is 351 g/mol. The highest BCUT2D eigenvalue weighted by molar-refractivity contribution is 5.93. The monoisotopic (exact) mass is 380 g/mol. The molecule has 0 aliphatic heterocycles. The van der Waals surface area contributed by atoms with Gasteiger partial charge < -0.3 is 20.1 Å². The topological polar surface area (TPSA) is 64.8 Å². The minimum absolute atomic E-state index is 0. The van der Waals surface area contributed by atoms with Gasteiger partial charge in [0.2, 0.25) is 0 Å². The van der Waals surface area contributed by atoms with E-state index >= 15 is 0 Å². The van der Waals surface area contributed by atoms with Crippen molar-refractivity contribution >= 4 is 36.5 Å². The van der Waals surface area contributed by atoms with Gasteiger partial charge in [0, 0.05) is 18.3 Å². The summed E-state index contributed by atoms with van der Waals surface area (Å²) >= 11 is 0. The molecule has 24 heavy (non-hydrogen) atoms. The maximum absolute atomic E-state index is 12.2. The molecule has 0 amide bonds. The van der Waals surface area contributed by atoms with E-state index in [-0.39, 0.29) is 30.8 Å². The maximum atomic E-state index is 12.2. The van der Waals surface area contributed by atoms with E-state index in [0.29, 0.717) is 30.2 Å². The SMILES string of the molecule is CCCOc1cc(N)ccc1C(=O)OCCCN(CC)CC.Cl.Cl. The van der Waals surface area contributed by atoms with Gasteiger partial charge in [-0.15, -0.1) is 24.8 Å². The molecule has 0 saturated heterocycles. The van der Waals surface area contributed by atoms with Crippen LogP contribution in [0.2, 0.25) is 0 Å². The number of anilines is 1. The van der Waals surface area contributed by atoms with Crippen molar-refractivity contribution in [2.24, 2.45) is 0 Å². The van der Waals surface area contributed by atoms with Crippen LogP contribution in [0.4, 0.5) is 5.69 Å². The molecule has 5 nitrogen and oxygen atoms in total. The third-order valence-corrected chi connectivity index (χ3v) is 3.43. The van der Waals surface area contributed by atoms with E-state index in [1.807, 2.05) is 6.92 Å². The smallest absolute Gasteiger partial charge is 0.341 e. The first-order chi connectivity index (χ1) is 10.6. The third kappa shape index (κ3) is 8.62. The van der Waals surface area contributed by atoms with Crippen LogP contribution in [0.5, 0.6) is 5.75 Å². The molecule has 0 aromatic heterocycles. The standard InChI is InChI=1S/C17H28N2O3.2ClH/c1-4-11-21-16-13-14(18)8-9-15(16)17(20)22-12-7-10-19(5-2)6-3;;/h8-9,13H,4-7,10-12,18H2,1-3H3;2*1H. The molecule has 7 heteroatoms. The molecule has 0 saturated carbocycles. The Morgan fingerprint density at radius 3 is 2.38 bits per heavy atom. The number of hydrogen-bond donors (Lipinski definition) is 1. The van der Waals surface area contributed by atoms with Crippen LogP contribution in [0.25, 0.3) is 0 Å². The van der Waals surface area contributed by atoms with Crippen LogP contribution in [0.3, 0.4) is 0 Å². The lowest BCUT2D eigenvalue weighted by molar-refractivity contribution is 0.0485. The average molecular weight is 381 g/mol. The van der Waals surface area contributed by atoms with E-state index in [9.17, 15) is 4.79 Å². The number of carbonyl (C=O) groups excluding carboxylic acids is 1. The molecule has 0 aliphatic rings. The van der Waals surface area contributed by atoms with Crippen molar-refractivity contribution in [3.05, 3.63) is 23.8 Å². The van der Waals surface area contributed by atoms with Gasteiger partial charge in [-0.3, -0.25) is 0 Å². The molecule has 0 radical (unpaired) electrons. The summed E-state index contributed by atoms with van der Waals surface area (Å²) in [6.07, 6.45) is 1.70. The molecule has 0 spiro atoms. The molecule has 1 rings (SSSR count). The summed E-state index contributed by atoms with van der Waals surface area (Å²) in [4.78, 5) is 14.5. The zero-order valence-corrected chi connectivity index (χ0v) is 16.4. The Morgan fingerprint density at radius 2 is 1.79 bits per heavy atom. The van der Waals surface area contributed by atoms with E-state index in [2.05, 4.69) is 18.7 Å². The van der Waals surface area contributed by atoms with Gasteiger partial charge in [-0.1, -0.05) is 20.8 Å². The number of nitrogens with zero attached hydrogens (tertiary/aromatic N) is 1. The number of halogens is 2. The maximum Gasteiger partial charge on any atom is 0.341 e. The van der Waals surface area contributed by atoms with Crippen molar-refractivity contribution < 1.29 is 14.3 Å². The highest BCUT2D eigenvalue weighted by atomic mass is 35.5. The summed E-state index contributed by atoms with van der Waals surface area (Å²) in [6, 6.07) is 5.01. The normalized spacial score (nSPS) is 9.83. The lowest BCUT2D eigenvalue weighted by atomic mass is 10.2. The fraction of sp³-hybridized carbons (Fsp3) is 0.588. The Kier molecular flexibility index (Phi) is 14.8. The van der Waals surface area contributed by atoms with Gasteiger partial charge in [0.15, 0.2) is 0 Å². The second-order valence-corrected chi connectivity index (χ2v) is 5.12. The summed E-state index contributed by atoms with van der Waals surface area (Å²) in [6.45, 7) is 10.2. The number of benzene rings is 1. The molecule has 2 N–H and O–H groups in total. The first-order valence-corrected chi connectivity index (χ1v) is 8.04. The molecule has 0 fully saturated rings. The quantitative estimate of drug-likeness (QED) is 0.380. The Bertz CT molecular complexity index is 469. The first-order valence-electron chi connectivity index (χ1n) is 8.04. The number of carbonyl (C=O) groups is 1. The lowest BCUT2D eigenvalue weighted by Gasteiger charge is -2.17. The molecule has 0 atom stereocenters. The van der Waals surface area contributed by atoms with Crippen molar-refractivity contribution in [3.8, 4) is 5.75 Å².